The van der Waals surface area contributed by atoms with E-state index in [2.05, 4.69) is 6.58 Å². The third-order valence-corrected chi connectivity index (χ3v) is 1.85. The van der Waals surface area contributed by atoms with E-state index < -0.39 is 6.10 Å². The largest absolute Gasteiger partial charge is 0.479 e. The SMILES string of the molecule is C=C/C=C\C(=C/C)OC1CCOC1=O.CC. The van der Waals surface area contributed by atoms with Gasteiger partial charge in [-0.1, -0.05) is 32.6 Å². The number of hydrogen-bond acceptors (Lipinski definition) is 3. The monoisotopic (exact) mass is 224 g/mol. The van der Waals surface area contributed by atoms with Crippen LogP contribution in [0, 0.1) is 0 Å². The highest BCUT2D eigenvalue weighted by Gasteiger charge is 2.28. The summed E-state index contributed by atoms with van der Waals surface area (Å²) in [5.41, 5.74) is 0. The van der Waals surface area contributed by atoms with Crippen molar-refractivity contribution in [2.24, 2.45) is 0 Å². The maximum Gasteiger partial charge on any atom is 0.347 e. The highest BCUT2D eigenvalue weighted by Crippen LogP contribution is 2.14. The highest BCUT2D eigenvalue weighted by molar-refractivity contribution is 5.76. The highest BCUT2D eigenvalue weighted by atomic mass is 16.6. The molecule has 1 unspecified atom stereocenters. The van der Waals surface area contributed by atoms with Crippen LogP contribution in [0.3, 0.4) is 0 Å². The number of esters is 1. The van der Waals surface area contributed by atoms with Gasteiger partial charge in [0.15, 0.2) is 6.10 Å². The first-order valence-corrected chi connectivity index (χ1v) is 5.56. The Labute approximate surface area is 97.4 Å². The Morgan fingerprint density at radius 1 is 1.56 bits per heavy atom. The number of rotatable bonds is 4. The van der Waals surface area contributed by atoms with Gasteiger partial charge >= 0.3 is 5.97 Å². The van der Waals surface area contributed by atoms with Crippen molar-refractivity contribution in [3.63, 3.8) is 0 Å². The van der Waals surface area contributed by atoms with E-state index in [9.17, 15) is 4.79 Å². The Morgan fingerprint density at radius 3 is 2.69 bits per heavy atom. The molecule has 3 heteroatoms. The smallest absolute Gasteiger partial charge is 0.347 e. The van der Waals surface area contributed by atoms with Crippen molar-refractivity contribution in [2.45, 2.75) is 33.3 Å². The number of carbonyl (C=O) groups is 1. The van der Waals surface area contributed by atoms with Crippen molar-refractivity contribution in [3.8, 4) is 0 Å². The number of carbonyl (C=O) groups excluding carboxylic acids is 1. The average Bonchev–Trinajstić information content (AvgIpc) is 2.73. The fourth-order valence-electron chi connectivity index (χ4n) is 1.12. The van der Waals surface area contributed by atoms with Gasteiger partial charge in [-0.2, -0.15) is 0 Å². The van der Waals surface area contributed by atoms with Crippen LogP contribution in [0.25, 0.3) is 0 Å². The summed E-state index contributed by atoms with van der Waals surface area (Å²) in [6.45, 7) is 9.85. The zero-order chi connectivity index (χ0) is 12.4. The summed E-state index contributed by atoms with van der Waals surface area (Å²) >= 11 is 0. The second-order valence-electron chi connectivity index (χ2n) is 2.85. The first kappa shape index (κ1) is 14.5. The van der Waals surface area contributed by atoms with Crippen LogP contribution >= 0.6 is 0 Å². The summed E-state index contributed by atoms with van der Waals surface area (Å²) in [6, 6.07) is 0. The molecule has 0 amide bonds. The molecule has 1 atom stereocenters. The van der Waals surface area contributed by atoms with Crippen LogP contribution in [0.5, 0.6) is 0 Å². The van der Waals surface area contributed by atoms with Gasteiger partial charge < -0.3 is 9.47 Å². The fraction of sp³-hybridized carbons (Fsp3) is 0.462. The molecule has 0 aromatic heterocycles. The molecule has 0 spiro atoms. The van der Waals surface area contributed by atoms with Crippen molar-refractivity contribution < 1.29 is 14.3 Å². The molecule has 0 aliphatic carbocycles. The second-order valence-corrected chi connectivity index (χ2v) is 2.85. The Bertz CT molecular complexity index is 277. The molecule has 1 saturated heterocycles. The first-order chi connectivity index (χ1) is 7.77. The zero-order valence-electron chi connectivity index (χ0n) is 10.2. The van der Waals surface area contributed by atoms with E-state index in [0.717, 1.165) is 0 Å². The maximum atomic E-state index is 11.1. The summed E-state index contributed by atoms with van der Waals surface area (Å²) in [7, 11) is 0. The predicted octanol–water partition coefficient (Wildman–Crippen LogP) is 2.99. The number of allylic oxidation sites excluding steroid dienone is 4. The molecule has 1 aliphatic heterocycles. The van der Waals surface area contributed by atoms with Crippen molar-refractivity contribution in [2.75, 3.05) is 6.61 Å². The van der Waals surface area contributed by atoms with Gasteiger partial charge in [0.2, 0.25) is 0 Å². The van der Waals surface area contributed by atoms with Gasteiger partial charge in [0.1, 0.15) is 5.76 Å². The molecular formula is C13H20O3. The molecule has 0 aromatic rings. The number of cyclic esters (lactones) is 1. The number of hydrogen-bond donors (Lipinski definition) is 0. The van der Waals surface area contributed by atoms with E-state index in [1.165, 1.54) is 0 Å². The predicted molar refractivity (Wildman–Crippen MR) is 64.9 cm³/mol. The number of ether oxygens (including phenoxy) is 2. The van der Waals surface area contributed by atoms with Crippen molar-refractivity contribution in [3.05, 3.63) is 36.6 Å². The zero-order valence-corrected chi connectivity index (χ0v) is 10.2. The minimum absolute atomic E-state index is 0.281. The van der Waals surface area contributed by atoms with Crippen LogP contribution in [0.4, 0.5) is 0 Å². The molecule has 1 aliphatic rings. The van der Waals surface area contributed by atoms with Crippen LogP contribution in [0.1, 0.15) is 27.2 Å². The lowest BCUT2D eigenvalue weighted by atomic mass is 10.3. The van der Waals surface area contributed by atoms with Gasteiger partial charge in [0.05, 0.1) is 6.61 Å². The lowest BCUT2D eigenvalue weighted by Gasteiger charge is -2.09. The summed E-state index contributed by atoms with van der Waals surface area (Å²) in [5.74, 6) is 0.380. The van der Waals surface area contributed by atoms with Gasteiger partial charge in [-0.15, -0.1) is 0 Å². The molecule has 0 radical (unpaired) electrons. The van der Waals surface area contributed by atoms with E-state index in [1.807, 2.05) is 20.8 Å². The normalized spacial score (nSPS) is 20.1. The van der Waals surface area contributed by atoms with Gasteiger partial charge in [-0.25, -0.2) is 4.79 Å². The molecular weight excluding hydrogens is 204 g/mol. The molecule has 0 aromatic carbocycles. The summed E-state index contributed by atoms with van der Waals surface area (Å²) < 4.78 is 10.2. The topological polar surface area (TPSA) is 35.5 Å². The van der Waals surface area contributed by atoms with Gasteiger partial charge in [-0.3, -0.25) is 0 Å². The lowest BCUT2D eigenvalue weighted by molar-refractivity contribution is -0.145. The van der Waals surface area contributed by atoms with Crippen LogP contribution in [-0.2, 0) is 14.3 Å². The van der Waals surface area contributed by atoms with Crippen molar-refractivity contribution in [1.82, 2.24) is 0 Å². The molecule has 1 heterocycles. The summed E-state index contributed by atoms with van der Waals surface area (Å²) in [5, 5.41) is 0. The average molecular weight is 224 g/mol. The fourth-order valence-corrected chi connectivity index (χ4v) is 1.12. The molecule has 0 bridgehead atoms. The van der Waals surface area contributed by atoms with Gasteiger partial charge in [0.25, 0.3) is 0 Å². The molecule has 0 saturated carbocycles. The first-order valence-electron chi connectivity index (χ1n) is 5.56. The molecule has 1 rings (SSSR count). The minimum Gasteiger partial charge on any atom is -0.479 e. The molecule has 90 valence electrons. The Morgan fingerprint density at radius 2 is 2.25 bits per heavy atom. The van der Waals surface area contributed by atoms with Crippen LogP contribution < -0.4 is 0 Å². The van der Waals surface area contributed by atoms with Crippen LogP contribution in [-0.4, -0.2) is 18.7 Å². The quantitative estimate of drug-likeness (QED) is 0.418. The van der Waals surface area contributed by atoms with Gasteiger partial charge in [-0.05, 0) is 19.1 Å². The minimum atomic E-state index is -0.448. The Hall–Kier alpha value is -1.51. The van der Waals surface area contributed by atoms with E-state index in [1.54, 1.807) is 24.3 Å². The van der Waals surface area contributed by atoms with Crippen molar-refractivity contribution >= 4 is 5.97 Å². The molecule has 3 nitrogen and oxygen atoms in total. The standard InChI is InChI=1S/C11H14O3.C2H6/c1-3-5-6-9(4-2)14-10-7-8-13-11(10)12;1-2/h3-6,10H,1,7-8H2,2H3;1-2H3/b6-5-,9-4+;. The molecule has 0 N–H and O–H groups in total. The molecule has 1 fully saturated rings. The van der Waals surface area contributed by atoms with E-state index in [0.29, 0.717) is 18.8 Å². The Kier molecular flexibility index (Phi) is 7.94. The second kappa shape index (κ2) is 8.77. The van der Waals surface area contributed by atoms with E-state index in [4.69, 9.17) is 9.47 Å². The van der Waals surface area contributed by atoms with Crippen LogP contribution in [0.2, 0.25) is 0 Å². The third kappa shape index (κ3) is 4.82. The maximum absolute atomic E-state index is 11.1. The Balaban J connectivity index is 0.00000106. The van der Waals surface area contributed by atoms with Gasteiger partial charge in [0, 0.05) is 6.42 Å². The van der Waals surface area contributed by atoms with Crippen molar-refractivity contribution in [1.29, 1.82) is 0 Å². The van der Waals surface area contributed by atoms with Crippen LogP contribution in [0.15, 0.2) is 36.6 Å². The summed E-state index contributed by atoms with van der Waals surface area (Å²) in [6.07, 6.45) is 7.15. The third-order valence-electron chi connectivity index (χ3n) is 1.85. The van der Waals surface area contributed by atoms with E-state index >= 15 is 0 Å². The molecule has 16 heavy (non-hydrogen) atoms. The lowest BCUT2D eigenvalue weighted by Crippen LogP contribution is -2.17. The van der Waals surface area contributed by atoms with E-state index in [-0.39, 0.29) is 5.97 Å². The summed E-state index contributed by atoms with van der Waals surface area (Å²) in [4.78, 5) is 11.1.